The van der Waals surface area contributed by atoms with Crippen molar-refractivity contribution in [3.8, 4) is 11.3 Å². The molecule has 1 amide bonds. The molecule has 136 valence electrons. The van der Waals surface area contributed by atoms with Gasteiger partial charge in [0.15, 0.2) is 5.65 Å². The van der Waals surface area contributed by atoms with E-state index in [4.69, 9.17) is 0 Å². The number of carbonyl (C=O) groups excluding carboxylic acids is 1. The van der Waals surface area contributed by atoms with Crippen LogP contribution in [0.4, 0.5) is 0 Å². The fraction of sp³-hybridized carbons (Fsp3) is 0.125. The minimum Gasteiger partial charge on any atom is -0.334 e. The number of benzene rings is 2. The Morgan fingerprint density at radius 1 is 0.893 bits per heavy atom. The van der Waals surface area contributed by atoms with E-state index in [0.717, 1.165) is 29.6 Å². The lowest BCUT2D eigenvalue weighted by atomic mass is 9.98. The van der Waals surface area contributed by atoms with Crippen LogP contribution >= 0.6 is 0 Å². The minimum atomic E-state index is 0.0343. The smallest absolute Gasteiger partial charge is 0.254 e. The number of hydrogen-bond acceptors (Lipinski definition) is 3. The van der Waals surface area contributed by atoms with E-state index in [-0.39, 0.29) is 5.91 Å². The van der Waals surface area contributed by atoms with E-state index < -0.39 is 0 Å². The monoisotopic (exact) mass is 365 g/mol. The second kappa shape index (κ2) is 6.89. The van der Waals surface area contributed by atoms with Gasteiger partial charge in [0.2, 0.25) is 0 Å². The third-order valence-corrected chi connectivity index (χ3v) is 5.30. The Morgan fingerprint density at radius 2 is 1.68 bits per heavy atom. The molecular weight excluding hydrogens is 346 g/mol. The third-order valence-electron chi connectivity index (χ3n) is 5.30. The van der Waals surface area contributed by atoms with Gasteiger partial charge in [0, 0.05) is 30.2 Å². The molecule has 0 bridgehead atoms. The van der Waals surface area contributed by atoms with Crippen molar-refractivity contribution in [3.63, 3.8) is 0 Å². The van der Waals surface area contributed by atoms with E-state index in [1.807, 2.05) is 59.5 Å². The molecular formula is C24H19N3O. The van der Waals surface area contributed by atoms with Gasteiger partial charge in [-0.3, -0.25) is 4.79 Å². The Morgan fingerprint density at radius 3 is 2.54 bits per heavy atom. The normalized spacial score (nSPS) is 13.4. The van der Waals surface area contributed by atoms with Crippen molar-refractivity contribution in [2.75, 3.05) is 6.54 Å². The molecule has 0 saturated heterocycles. The molecule has 5 rings (SSSR count). The van der Waals surface area contributed by atoms with Gasteiger partial charge in [0.05, 0.1) is 11.3 Å². The Hall–Kier alpha value is -3.53. The minimum absolute atomic E-state index is 0.0343. The van der Waals surface area contributed by atoms with Crippen molar-refractivity contribution in [1.82, 2.24) is 14.9 Å². The number of aromatic nitrogens is 2. The second-order valence-electron chi connectivity index (χ2n) is 7.04. The molecule has 4 heteroatoms. The van der Waals surface area contributed by atoms with Gasteiger partial charge in [0.25, 0.3) is 5.91 Å². The summed E-state index contributed by atoms with van der Waals surface area (Å²) in [4.78, 5) is 24.5. The van der Waals surface area contributed by atoms with Gasteiger partial charge in [-0.05, 0) is 35.7 Å². The maximum Gasteiger partial charge on any atom is 0.254 e. The number of fused-ring (bicyclic) bond motifs is 2. The summed E-state index contributed by atoms with van der Waals surface area (Å²) in [7, 11) is 0. The first-order valence-corrected chi connectivity index (χ1v) is 9.47. The molecule has 1 aliphatic rings. The first kappa shape index (κ1) is 16.6. The van der Waals surface area contributed by atoms with Crippen molar-refractivity contribution in [1.29, 1.82) is 0 Å². The zero-order valence-corrected chi connectivity index (χ0v) is 15.4. The summed E-state index contributed by atoms with van der Waals surface area (Å²) in [6, 6.07) is 24.0. The van der Waals surface area contributed by atoms with E-state index in [9.17, 15) is 4.79 Å². The molecule has 3 heterocycles. The van der Waals surface area contributed by atoms with Crippen LogP contribution < -0.4 is 0 Å². The predicted molar refractivity (Wildman–Crippen MR) is 110 cm³/mol. The lowest BCUT2D eigenvalue weighted by Crippen LogP contribution is -2.36. The fourth-order valence-corrected chi connectivity index (χ4v) is 3.83. The zero-order chi connectivity index (χ0) is 18.9. The topological polar surface area (TPSA) is 46.1 Å². The number of nitrogens with zero attached hydrogens (tertiary/aromatic N) is 3. The van der Waals surface area contributed by atoms with Crippen molar-refractivity contribution < 1.29 is 4.79 Å². The van der Waals surface area contributed by atoms with Gasteiger partial charge >= 0.3 is 0 Å². The molecule has 0 N–H and O–H groups in total. The largest absolute Gasteiger partial charge is 0.334 e. The molecule has 2 aromatic carbocycles. The van der Waals surface area contributed by atoms with Crippen molar-refractivity contribution in [2.24, 2.45) is 0 Å². The zero-order valence-electron chi connectivity index (χ0n) is 15.4. The molecule has 28 heavy (non-hydrogen) atoms. The number of hydrogen-bond donors (Lipinski definition) is 0. The number of carbonyl (C=O) groups is 1. The second-order valence-corrected chi connectivity index (χ2v) is 7.04. The summed E-state index contributed by atoms with van der Waals surface area (Å²) in [5.74, 6) is 0.0343. The van der Waals surface area contributed by atoms with Crippen molar-refractivity contribution >= 4 is 16.9 Å². The summed E-state index contributed by atoms with van der Waals surface area (Å²) >= 11 is 0. The first-order chi connectivity index (χ1) is 13.8. The van der Waals surface area contributed by atoms with Crippen LogP contribution in [0.3, 0.4) is 0 Å². The van der Waals surface area contributed by atoms with Gasteiger partial charge in [0.1, 0.15) is 0 Å². The SMILES string of the molecule is O=C(c1cc(-c2ccccc2)nc2ncccc12)N1CCc2ccccc2C1. The number of rotatable bonds is 2. The summed E-state index contributed by atoms with van der Waals surface area (Å²) in [6.07, 6.45) is 2.60. The lowest BCUT2D eigenvalue weighted by Gasteiger charge is -2.29. The average Bonchev–Trinajstić information content (AvgIpc) is 2.78. The Bertz CT molecular complexity index is 1170. The van der Waals surface area contributed by atoms with E-state index in [2.05, 4.69) is 28.2 Å². The predicted octanol–water partition coefficient (Wildman–Crippen LogP) is 4.50. The molecule has 2 aromatic heterocycles. The van der Waals surface area contributed by atoms with Crippen molar-refractivity contribution in [3.05, 3.63) is 95.7 Å². The Kier molecular flexibility index (Phi) is 4.09. The number of amides is 1. The van der Waals surface area contributed by atoms with Crippen LogP contribution in [0.25, 0.3) is 22.3 Å². The van der Waals surface area contributed by atoms with Crippen LogP contribution in [-0.2, 0) is 13.0 Å². The van der Waals surface area contributed by atoms with Gasteiger partial charge in [-0.15, -0.1) is 0 Å². The fourth-order valence-electron chi connectivity index (χ4n) is 3.83. The molecule has 0 atom stereocenters. The van der Waals surface area contributed by atoms with E-state index in [1.165, 1.54) is 11.1 Å². The van der Waals surface area contributed by atoms with Gasteiger partial charge < -0.3 is 4.90 Å². The highest BCUT2D eigenvalue weighted by molar-refractivity contribution is 6.06. The van der Waals surface area contributed by atoms with Crippen LogP contribution in [0.2, 0.25) is 0 Å². The van der Waals surface area contributed by atoms with E-state index in [1.54, 1.807) is 6.20 Å². The van der Waals surface area contributed by atoms with Gasteiger partial charge in [-0.1, -0.05) is 54.6 Å². The lowest BCUT2D eigenvalue weighted by molar-refractivity contribution is 0.0736. The molecule has 4 aromatic rings. The third kappa shape index (κ3) is 2.93. The molecule has 4 nitrogen and oxygen atoms in total. The van der Waals surface area contributed by atoms with Gasteiger partial charge in [-0.2, -0.15) is 0 Å². The summed E-state index contributed by atoms with van der Waals surface area (Å²) in [5, 5.41) is 0.797. The van der Waals surface area contributed by atoms with Crippen LogP contribution in [0.5, 0.6) is 0 Å². The average molecular weight is 365 g/mol. The quantitative estimate of drug-likeness (QED) is 0.526. The molecule has 0 unspecified atom stereocenters. The molecule has 0 aliphatic carbocycles. The standard InChI is InChI=1S/C24H19N3O/c28-24(27-14-12-17-7-4-5-10-19(17)16-27)21-15-22(18-8-2-1-3-9-18)26-23-20(21)11-6-13-25-23/h1-11,13,15H,12,14,16H2. The number of pyridine rings is 2. The van der Waals surface area contributed by atoms with Gasteiger partial charge in [-0.25, -0.2) is 9.97 Å². The Balaban J connectivity index is 1.59. The molecule has 1 aliphatic heterocycles. The summed E-state index contributed by atoms with van der Waals surface area (Å²) in [5.41, 5.74) is 5.57. The molecule has 0 fully saturated rings. The highest BCUT2D eigenvalue weighted by Gasteiger charge is 2.24. The molecule has 0 saturated carbocycles. The van der Waals surface area contributed by atoms with Crippen molar-refractivity contribution in [2.45, 2.75) is 13.0 Å². The Labute approximate surface area is 163 Å². The maximum atomic E-state index is 13.5. The molecule has 0 radical (unpaired) electrons. The van der Waals surface area contributed by atoms with E-state index in [0.29, 0.717) is 17.8 Å². The van der Waals surface area contributed by atoms with Crippen LogP contribution in [0, 0.1) is 0 Å². The van der Waals surface area contributed by atoms with Crippen LogP contribution in [0.15, 0.2) is 79.0 Å². The summed E-state index contributed by atoms with van der Waals surface area (Å²) < 4.78 is 0. The maximum absolute atomic E-state index is 13.5. The first-order valence-electron chi connectivity index (χ1n) is 9.47. The van der Waals surface area contributed by atoms with Crippen LogP contribution in [-0.4, -0.2) is 27.3 Å². The van der Waals surface area contributed by atoms with Crippen LogP contribution in [0.1, 0.15) is 21.5 Å². The summed E-state index contributed by atoms with van der Waals surface area (Å²) in [6.45, 7) is 1.36. The van der Waals surface area contributed by atoms with E-state index >= 15 is 0 Å². The highest BCUT2D eigenvalue weighted by atomic mass is 16.2. The highest BCUT2D eigenvalue weighted by Crippen LogP contribution is 2.27. The molecule has 0 spiro atoms.